The number of hydrogen-bond acceptors (Lipinski definition) is 5. The second kappa shape index (κ2) is 11.9. The second-order valence-corrected chi connectivity index (χ2v) is 9.76. The summed E-state index contributed by atoms with van der Waals surface area (Å²) in [5.74, 6) is 1.12. The van der Waals surface area contributed by atoms with Crippen molar-refractivity contribution in [2.75, 3.05) is 25.0 Å². The van der Waals surface area contributed by atoms with Crippen molar-refractivity contribution in [2.24, 2.45) is 4.99 Å². The van der Waals surface area contributed by atoms with Crippen molar-refractivity contribution in [3.63, 3.8) is 0 Å². The van der Waals surface area contributed by atoms with Crippen LogP contribution in [0.25, 0.3) is 0 Å². The summed E-state index contributed by atoms with van der Waals surface area (Å²) in [6.45, 7) is 5.20. The van der Waals surface area contributed by atoms with Gasteiger partial charge in [-0.1, -0.05) is 48.9 Å². The first kappa shape index (κ1) is 25.6. The zero-order chi connectivity index (χ0) is 21.0. The monoisotopic (exact) mass is 502 g/mol. The van der Waals surface area contributed by atoms with Crippen molar-refractivity contribution in [1.29, 1.82) is 0 Å². The van der Waals surface area contributed by atoms with Crippen LogP contribution in [0.5, 0.6) is 0 Å². The number of piperazine rings is 1. The highest BCUT2D eigenvalue weighted by Gasteiger charge is 2.27. The normalized spacial score (nSPS) is 16.8. The fraction of sp³-hybridized carbons (Fsp3) is 0.346. The molecular formula is C26H32Cl2N4S. The number of nitrogens with one attached hydrogen (secondary N) is 2. The summed E-state index contributed by atoms with van der Waals surface area (Å²) in [7, 11) is 0. The lowest BCUT2D eigenvalue weighted by molar-refractivity contribution is 0.278. The van der Waals surface area contributed by atoms with Crippen LogP contribution in [-0.4, -0.2) is 36.4 Å². The predicted octanol–water partition coefficient (Wildman–Crippen LogP) is 6.72. The smallest absolute Gasteiger partial charge is 0.139 e. The molecule has 0 amide bonds. The van der Waals surface area contributed by atoms with Gasteiger partial charge >= 0.3 is 0 Å². The van der Waals surface area contributed by atoms with Gasteiger partial charge in [0.25, 0.3) is 0 Å². The van der Waals surface area contributed by atoms with E-state index >= 15 is 0 Å². The molecule has 4 nitrogen and oxygen atoms in total. The van der Waals surface area contributed by atoms with Crippen LogP contribution in [0.4, 0.5) is 16.4 Å². The van der Waals surface area contributed by atoms with Gasteiger partial charge in [-0.15, -0.1) is 36.2 Å². The van der Waals surface area contributed by atoms with E-state index in [0.717, 1.165) is 36.8 Å². The average Bonchev–Trinajstić information content (AvgIpc) is 3.09. The van der Waals surface area contributed by atoms with Crippen LogP contribution in [0.15, 0.2) is 65.7 Å². The molecule has 0 bridgehead atoms. The average molecular weight is 504 g/mol. The van der Waals surface area contributed by atoms with Crippen LogP contribution in [0.3, 0.4) is 0 Å². The molecular weight excluding hydrogens is 471 g/mol. The van der Waals surface area contributed by atoms with Gasteiger partial charge in [0.15, 0.2) is 0 Å². The largest absolute Gasteiger partial charge is 0.353 e. The van der Waals surface area contributed by atoms with E-state index in [0.29, 0.717) is 6.04 Å². The van der Waals surface area contributed by atoms with Crippen LogP contribution in [-0.2, 0) is 6.42 Å². The van der Waals surface area contributed by atoms with Gasteiger partial charge in [0.1, 0.15) is 10.8 Å². The number of unbranched alkanes of at least 4 members (excludes halogenated alkanes) is 1. The van der Waals surface area contributed by atoms with Gasteiger partial charge in [-0.3, -0.25) is 0 Å². The van der Waals surface area contributed by atoms with E-state index in [2.05, 4.69) is 83.1 Å². The molecule has 0 radical (unpaired) electrons. The van der Waals surface area contributed by atoms with Crippen LogP contribution >= 0.6 is 36.2 Å². The first-order valence-corrected chi connectivity index (χ1v) is 12.2. The molecule has 1 aromatic heterocycles. The lowest BCUT2D eigenvalue weighted by Crippen LogP contribution is -2.52. The lowest BCUT2D eigenvalue weighted by atomic mass is 10.0. The molecule has 2 aliphatic heterocycles. The number of rotatable bonds is 5. The summed E-state index contributed by atoms with van der Waals surface area (Å²) < 4.78 is 0. The molecule has 5 rings (SSSR count). The van der Waals surface area contributed by atoms with Crippen molar-refractivity contribution in [2.45, 2.75) is 38.6 Å². The first-order chi connectivity index (χ1) is 15.3. The van der Waals surface area contributed by atoms with Crippen LogP contribution in [0.2, 0.25) is 0 Å². The zero-order valence-electron chi connectivity index (χ0n) is 18.9. The van der Waals surface area contributed by atoms with Gasteiger partial charge in [0.05, 0.1) is 16.9 Å². The van der Waals surface area contributed by atoms with E-state index in [1.54, 1.807) is 0 Å². The summed E-state index contributed by atoms with van der Waals surface area (Å²) in [5.41, 5.74) is 4.80. The van der Waals surface area contributed by atoms with E-state index in [-0.39, 0.29) is 24.8 Å². The van der Waals surface area contributed by atoms with Crippen molar-refractivity contribution in [3.05, 3.63) is 76.7 Å². The number of anilines is 2. The third kappa shape index (κ3) is 6.10. The molecule has 0 spiro atoms. The molecule has 33 heavy (non-hydrogen) atoms. The van der Waals surface area contributed by atoms with Gasteiger partial charge < -0.3 is 15.5 Å². The van der Waals surface area contributed by atoms with Crippen LogP contribution in [0.1, 0.15) is 35.3 Å². The van der Waals surface area contributed by atoms with Gasteiger partial charge in [-0.25, -0.2) is 4.99 Å². The molecule has 1 saturated heterocycles. The highest BCUT2D eigenvalue weighted by molar-refractivity contribution is 7.16. The fourth-order valence-corrected chi connectivity index (χ4v) is 5.48. The van der Waals surface area contributed by atoms with Gasteiger partial charge in [0.2, 0.25) is 0 Å². The number of nitrogens with zero attached hydrogens (tertiary/aromatic N) is 2. The number of amidine groups is 1. The summed E-state index contributed by atoms with van der Waals surface area (Å²) in [6, 6.07) is 22.0. The quantitative estimate of drug-likeness (QED) is 0.380. The molecule has 0 unspecified atom stereocenters. The Morgan fingerprint density at radius 3 is 2.67 bits per heavy atom. The summed E-state index contributed by atoms with van der Waals surface area (Å²) >= 11 is 1.82. The maximum Gasteiger partial charge on any atom is 0.139 e. The minimum absolute atomic E-state index is 0. The van der Waals surface area contributed by atoms with Crippen molar-refractivity contribution in [1.82, 2.24) is 10.2 Å². The summed E-state index contributed by atoms with van der Waals surface area (Å²) in [6.07, 6.45) is 4.87. The third-order valence-electron chi connectivity index (χ3n) is 6.14. The number of thiophene rings is 1. The molecule has 0 aliphatic carbocycles. The highest BCUT2D eigenvalue weighted by atomic mass is 35.5. The standard InChI is InChI=1S/C26H30N4S.2ClH/c1-19-17-22-25(28-23-13-7-8-14-24(23)29-26(22)31-19)30-16-15-27-21(18-30)12-6-5-11-20-9-3-2-4-10-20;;/h2-4,7-10,13-14,17,21,27,29H,5-6,11-12,15-16,18H2,1H3;2*1H/t21-;;/m0../s1. The number of aliphatic imine (C=N–C) groups is 1. The number of hydrogen-bond donors (Lipinski definition) is 2. The molecule has 1 fully saturated rings. The fourth-order valence-electron chi connectivity index (χ4n) is 4.56. The van der Waals surface area contributed by atoms with Crippen LogP contribution < -0.4 is 10.6 Å². The Bertz CT molecular complexity index is 1070. The Labute approximate surface area is 213 Å². The van der Waals surface area contributed by atoms with E-state index < -0.39 is 0 Å². The Kier molecular flexibility index (Phi) is 9.21. The van der Waals surface area contributed by atoms with E-state index in [1.807, 2.05) is 11.3 Å². The van der Waals surface area contributed by atoms with E-state index in [9.17, 15) is 0 Å². The van der Waals surface area contributed by atoms with Crippen molar-refractivity contribution in [3.8, 4) is 0 Å². The minimum Gasteiger partial charge on any atom is -0.353 e. The summed E-state index contributed by atoms with van der Waals surface area (Å²) in [4.78, 5) is 8.96. The Morgan fingerprint density at radius 1 is 1.03 bits per heavy atom. The number of benzene rings is 2. The maximum absolute atomic E-state index is 5.15. The number of para-hydroxylation sites is 2. The van der Waals surface area contributed by atoms with Gasteiger partial charge in [-0.2, -0.15) is 0 Å². The van der Waals surface area contributed by atoms with Crippen LogP contribution in [0, 0.1) is 6.92 Å². The zero-order valence-corrected chi connectivity index (χ0v) is 21.4. The van der Waals surface area contributed by atoms with Gasteiger partial charge in [-0.05, 0) is 49.9 Å². The molecule has 176 valence electrons. The van der Waals surface area contributed by atoms with E-state index in [1.165, 1.54) is 46.7 Å². The number of aryl methyl sites for hydroxylation is 2. The molecule has 3 heterocycles. The molecule has 0 saturated carbocycles. The van der Waals surface area contributed by atoms with Crippen molar-refractivity contribution >= 4 is 58.4 Å². The Morgan fingerprint density at radius 2 is 1.82 bits per heavy atom. The molecule has 2 aliphatic rings. The summed E-state index contributed by atoms with van der Waals surface area (Å²) in [5, 5.41) is 8.57. The van der Waals surface area contributed by atoms with E-state index in [4.69, 9.17) is 4.99 Å². The number of fused-ring (bicyclic) bond motifs is 2. The topological polar surface area (TPSA) is 39.7 Å². The molecule has 7 heteroatoms. The SMILES string of the molecule is Cc1cc2c(s1)Nc1ccccc1N=C2N1CCN[C@@H](CCCCc2ccccc2)C1.Cl.Cl. The Balaban J connectivity index is 0.00000153. The van der Waals surface area contributed by atoms with Crippen molar-refractivity contribution < 1.29 is 0 Å². The minimum atomic E-state index is 0. The maximum atomic E-state index is 5.15. The molecule has 2 N–H and O–H groups in total. The molecule has 3 aromatic rings. The first-order valence-electron chi connectivity index (χ1n) is 11.3. The molecule has 1 atom stereocenters. The van der Waals surface area contributed by atoms with Gasteiger partial charge in [0, 0.05) is 30.6 Å². The Hall–Kier alpha value is -2.05. The third-order valence-corrected chi connectivity index (χ3v) is 7.11. The highest BCUT2D eigenvalue weighted by Crippen LogP contribution is 2.39. The second-order valence-electron chi connectivity index (χ2n) is 8.51. The molecule has 2 aromatic carbocycles. The lowest BCUT2D eigenvalue weighted by Gasteiger charge is -2.36. The predicted molar refractivity (Wildman–Crippen MR) is 147 cm³/mol. The number of halogens is 2.